The molecule has 0 bridgehead atoms. The van der Waals surface area contributed by atoms with Gasteiger partial charge in [-0.3, -0.25) is 4.79 Å². The molecule has 2 rings (SSSR count). The summed E-state index contributed by atoms with van der Waals surface area (Å²) in [5, 5.41) is 13.1. The maximum Gasteiger partial charge on any atom is 0.309 e. The van der Waals surface area contributed by atoms with Gasteiger partial charge in [0.15, 0.2) is 5.76 Å². The average molecular weight is 272 g/mol. The molecule has 1 N–H and O–H groups in total. The van der Waals surface area contributed by atoms with E-state index in [0.717, 1.165) is 0 Å². The first kappa shape index (κ1) is 12.0. The number of aromatic nitrogens is 1. The first-order valence-corrected chi connectivity index (χ1v) is 5.44. The summed E-state index contributed by atoms with van der Waals surface area (Å²) in [5.41, 5.74) is 1.06. The van der Waals surface area contributed by atoms with Crippen molar-refractivity contribution in [1.29, 1.82) is 0 Å². The van der Waals surface area contributed by atoms with E-state index in [0.29, 0.717) is 27.1 Å². The number of carboxylic acids is 1. The van der Waals surface area contributed by atoms with Crippen LogP contribution in [0.1, 0.15) is 5.69 Å². The van der Waals surface area contributed by atoms with Crippen LogP contribution in [0.15, 0.2) is 28.8 Å². The molecule has 0 radical (unpaired) electrons. The number of carbonyl (C=O) groups is 1. The number of hydrogen-bond donors (Lipinski definition) is 1. The van der Waals surface area contributed by atoms with E-state index in [2.05, 4.69) is 5.16 Å². The lowest BCUT2D eigenvalue weighted by molar-refractivity contribution is -0.136. The van der Waals surface area contributed by atoms with Crippen molar-refractivity contribution in [2.24, 2.45) is 0 Å². The largest absolute Gasteiger partial charge is 0.481 e. The zero-order chi connectivity index (χ0) is 12.4. The van der Waals surface area contributed by atoms with Crippen molar-refractivity contribution < 1.29 is 14.4 Å². The van der Waals surface area contributed by atoms with E-state index in [1.54, 1.807) is 24.3 Å². The van der Waals surface area contributed by atoms with Gasteiger partial charge in [-0.1, -0.05) is 28.4 Å². The van der Waals surface area contributed by atoms with Gasteiger partial charge >= 0.3 is 5.97 Å². The van der Waals surface area contributed by atoms with Crippen molar-refractivity contribution in [3.05, 3.63) is 40.0 Å². The third-order valence-electron chi connectivity index (χ3n) is 2.10. The molecule has 0 spiro atoms. The van der Waals surface area contributed by atoms with Crippen LogP contribution >= 0.6 is 23.2 Å². The first-order valence-electron chi connectivity index (χ1n) is 4.69. The third-order valence-corrected chi connectivity index (χ3v) is 2.83. The molecule has 1 aromatic heterocycles. The van der Waals surface area contributed by atoms with E-state index >= 15 is 0 Å². The number of rotatable bonds is 3. The first-order chi connectivity index (χ1) is 8.06. The second-order valence-electron chi connectivity index (χ2n) is 3.38. The molecule has 0 saturated heterocycles. The van der Waals surface area contributed by atoms with Gasteiger partial charge in [0.1, 0.15) is 0 Å². The molecule has 0 atom stereocenters. The summed E-state index contributed by atoms with van der Waals surface area (Å²) >= 11 is 11.7. The van der Waals surface area contributed by atoms with Gasteiger partial charge in [0.25, 0.3) is 0 Å². The molecule has 0 aliphatic rings. The van der Waals surface area contributed by atoms with Gasteiger partial charge in [0.05, 0.1) is 22.2 Å². The average Bonchev–Trinajstić information content (AvgIpc) is 2.69. The van der Waals surface area contributed by atoms with Gasteiger partial charge in [-0.05, 0) is 18.2 Å². The summed E-state index contributed by atoms with van der Waals surface area (Å²) < 4.78 is 5.03. The highest BCUT2D eigenvalue weighted by Crippen LogP contribution is 2.28. The maximum absolute atomic E-state index is 10.5. The van der Waals surface area contributed by atoms with Gasteiger partial charge in [-0.15, -0.1) is 0 Å². The van der Waals surface area contributed by atoms with Crippen molar-refractivity contribution in [3.8, 4) is 11.3 Å². The van der Waals surface area contributed by atoms with Gasteiger partial charge < -0.3 is 9.63 Å². The van der Waals surface area contributed by atoms with Crippen LogP contribution in [0, 0.1) is 0 Å². The number of benzene rings is 1. The molecule has 17 heavy (non-hydrogen) atoms. The van der Waals surface area contributed by atoms with Crippen molar-refractivity contribution in [1.82, 2.24) is 5.16 Å². The fourth-order valence-electron chi connectivity index (χ4n) is 1.34. The maximum atomic E-state index is 10.5. The van der Waals surface area contributed by atoms with Crippen molar-refractivity contribution in [2.45, 2.75) is 6.42 Å². The van der Waals surface area contributed by atoms with Crippen LogP contribution in [-0.2, 0) is 11.2 Å². The minimum Gasteiger partial charge on any atom is -0.481 e. The van der Waals surface area contributed by atoms with Crippen LogP contribution in [0.25, 0.3) is 11.3 Å². The number of halogens is 2. The van der Waals surface area contributed by atoms with E-state index in [1.807, 2.05) is 0 Å². The van der Waals surface area contributed by atoms with Crippen molar-refractivity contribution in [2.75, 3.05) is 0 Å². The minimum absolute atomic E-state index is 0.176. The summed E-state index contributed by atoms with van der Waals surface area (Å²) in [6.07, 6.45) is -0.176. The number of aliphatic carboxylic acids is 1. The zero-order valence-electron chi connectivity index (χ0n) is 8.48. The minimum atomic E-state index is -0.959. The van der Waals surface area contributed by atoms with Crippen LogP contribution < -0.4 is 0 Å². The second kappa shape index (κ2) is 4.77. The Morgan fingerprint density at radius 1 is 1.29 bits per heavy atom. The van der Waals surface area contributed by atoms with Crippen LogP contribution in [0.4, 0.5) is 0 Å². The molecule has 1 heterocycles. The highest BCUT2D eigenvalue weighted by atomic mass is 35.5. The molecule has 0 aliphatic carbocycles. The molecule has 1 aromatic carbocycles. The van der Waals surface area contributed by atoms with Crippen LogP contribution in [0.5, 0.6) is 0 Å². The van der Waals surface area contributed by atoms with Crippen LogP contribution in [0.3, 0.4) is 0 Å². The van der Waals surface area contributed by atoms with E-state index in [1.165, 1.54) is 0 Å². The highest BCUT2D eigenvalue weighted by Gasteiger charge is 2.10. The number of hydrogen-bond acceptors (Lipinski definition) is 3. The molecule has 0 aliphatic heterocycles. The molecular weight excluding hydrogens is 265 g/mol. The summed E-state index contributed by atoms with van der Waals surface area (Å²) in [5.74, 6) is -0.501. The van der Waals surface area contributed by atoms with Gasteiger partial charge in [-0.2, -0.15) is 0 Å². The van der Waals surface area contributed by atoms with E-state index in [-0.39, 0.29) is 6.42 Å². The van der Waals surface area contributed by atoms with E-state index in [9.17, 15) is 4.79 Å². The number of nitrogens with zero attached hydrogens (tertiary/aromatic N) is 1. The molecule has 2 aromatic rings. The predicted octanol–water partition coefficient (Wildman–Crippen LogP) is 3.28. The Morgan fingerprint density at radius 2 is 2.06 bits per heavy atom. The standard InChI is InChI=1S/C11H7Cl2NO3/c12-8-2-1-6(3-9(8)13)10-4-7(14-17-10)5-11(15)16/h1-4H,5H2,(H,15,16). The molecule has 0 amide bonds. The molecule has 0 fully saturated rings. The smallest absolute Gasteiger partial charge is 0.309 e. The lowest BCUT2D eigenvalue weighted by Gasteiger charge is -1.97. The monoisotopic (exact) mass is 271 g/mol. The van der Waals surface area contributed by atoms with Gasteiger partial charge in [0.2, 0.25) is 0 Å². The highest BCUT2D eigenvalue weighted by molar-refractivity contribution is 6.42. The summed E-state index contributed by atoms with van der Waals surface area (Å²) in [7, 11) is 0. The van der Waals surface area contributed by atoms with Crippen molar-refractivity contribution >= 4 is 29.2 Å². The SMILES string of the molecule is O=C(O)Cc1cc(-c2ccc(Cl)c(Cl)c2)on1. The Labute approximate surface area is 107 Å². The Kier molecular flexibility index (Phi) is 3.36. The van der Waals surface area contributed by atoms with Crippen LogP contribution in [-0.4, -0.2) is 16.2 Å². The summed E-state index contributed by atoms with van der Waals surface area (Å²) in [4.78, 5) is 10.5. The molecule has 0 unspecified atom stereocenters. The zero-order valence-corrected chi connectivity index (χ0v) is 10.00. The predicted molar refractivity (Wildman–Crippen MR) is 63.3 cm³/mol. The molecule has 6 heteroatoms. The molecular formula is C11H7Cl2NO3. The van der Waals surface area contributed by atoms with Gasteiger partial charge in [-0.25, -0.2) is 0 Å². The van der Waals surface area contributed by atoms with Gasteiger partial charge in [0, 0.05) is 11.6 Å². The van der Waals surface area contributed by atoms with Crippen LogP contribution in [0.2, 0.25) is 10.0 Å². The fraction of sp³-hybridized carbons (Fsp3) is 0.0909. The quantitative estimate of drug-likeness (QED) is 0.931. The summed E-state index contributed by atoms with van der Waals surface area (Å²) in [6.45, 7) is 0. The van der Waals surface area contributed by atoms with E-state index < -0.39 is 5.97 Å². The lowest BCUT2D eigenvalue weighted by atomic mass is 10.1. The Hall–Kier alpha value is -1.52. The normalized spacial score (nSPS) is 10.5. The third kappa shape index (κ3) is 2.78. The van der Waals surface area contributed by atoms with E-state index in [4.69, 9.17) is 32.8 Å². The van der Waals surface area contributed by atoms with Crippen molar-refractivity contribution in [3.63, 3.8) is 0 Å². The number of carboxylic acid groups (broad SMARTS) is 1. The summed E-state index contributed by atoms with van der Waals surface area (Å²) in [6, 6.07) is 6.56. The fourth-order valence-corrected chi connectivity index (χ4v) is 1.63. The molecule has 4 nitrogen and oxygen atoms in total. The topological polar surface area (TPSA) is 63.3 Å². The molecule has 0 saturated carbocycles. The Bertz CT molecular complexity index is 566. The lowest BCUT2D eigenvalue weighted by Crippen LogP contribution is -1.99. The second-order valence-corrected chi connectivity index (χ2v) is 4.20. The Balaban J connectivity index is 2.30. The Morgan fingerprint density at radius 3 is 2.71 bits per heavy atom. The molecule has 88 valence electrons.